The molecule has 1 fully saturated rings. The van der Waals surface area contributed by atoms with Crippen LogP contribution in [0.3, 0.4) is 0 Å². The molecule has 0 spiro atoms. The van der Waals surface area contributed by atoms with Crippen LogP contribution >= 0.6 is 11.6 Å². The van der Waals surface area contributed by atoms with E-state index < -0.39 is 0 Å². The predicted octanol–water partition coefficient (Wildman–Crippen LogP) is 1.80. The summed E-state index contributed by atoms with van der Waals surface area (Å²) in [4.78, 5) is 2.13. The van der Waals surface area contributed by atoms with E-state index in [0.29, 0.717) is 17.5 Å². The Kier molecular flexibility index (Phi) is 3.45. The number of hydrogen-bond acceptors (Lipinski definition) is 3. The number of benzene rings is 1. The van der Waals surface area contributed by atoms with Crippen molar-refractivity contribution >= 4 is 11.6 Å². The molecule has 1 aliphatic heterocycles. The van der Waals surface area contributed by atoms with Crippen molar-refractivity contribution in [2.75, 3.05) is 19.6 Å². The zero-order chi connectivity index (χ0) is 11.5. The van der Waals surface area contributed by atoms with Crippen LogP contribution in [-0.4, -0.2) is 24.5 Å². The fourth-order valence-corrected chi connectivity index (χ4v) is 2.21. The fourth-order valence-electron chi connectivity index (χ4n) is 2.01. The minimum absolute atomic E-state index is 0.193. The molecule has 1 atom stereocenters. The van der Waals surface area contributed by atoms with Crippen LogP contribution in [0.25, 0.3) is 0 Å². The molecule has 1 aromatic rings. The van der Waals surface area contributed by atoms with Crippen molar-refractivity contribution in [1.29, 1.82) is 5.26 Å². The Labute approximate surface area is 100 Å². The van der Waals surface area contributed by atoms with Gasteiger partial charge in [0.05, 0.1) is 6.07 Å². The summed E-state index contributed by atoms with van der Waals surface area (Å²) in [6.45, 7) is 2.51. The Bertz CT molecular complexity index is 407. The van der Waals surface area contributed by atoms with E-state index in [-0.39, 0.29) is 6.04 Å². The highest BCUT2D eigenvalue weighted by Crippen LogP contribution is 2.28. The van der Waals surface area contributed by atoms with Gasteiger partial charge in [0.25, 0.3) is 0 Å². The molecular formula is C12H14ClN3. The van der Waals surface area contributed by atoms with E-state index in [9.17, 15) is 5.26 Å². The number of halogens is 1. The van der Waals surface area contributed by atoms with Gasteiger partial charge in [0, 0.05) is 18.1 Å². The molecule has 1 aromatic carbocycles. The number of likely N-dealkylation sites (tertiary alicyclic amines) is 1. The Morgan fingerprint density at radius 1 is 1.56 bits per heavy atom. The minimum atomic E-state index is -0.193. The van der Waals surface area contributed by atoms with Gasteiger partial charge >= 0.3 is 0 Å². The third-order valence-corrected chi connectivity index (χ3v) is 3.21. The average Bonchev–Trinajstić information content (AvgIpc) is 2.22. The third-order valence-electron chi connectivity index (χ3n) is 2.97. The summed E-state index contributed by atoms with van der Waals surface area (Å²) in [6, 6.07) is 9.61. The van der Waals surface area contributed by atoms with Gasteiger partial charge in [-0.25, -0.2) is 0 Å². The summed E-state index contributed by atoms with van der Waals surface area (Å²) in [5.74, 6) is 0.537. The molecule has 4 heteroatoms. The monoisotopic (exact) mass is 235 g/mol. The second kappa shape index (κ2) is 4.84. The number of rotatable bonds is 3. The van der Waals surface area contributed by atoms with Crippen LogP contribution < -0.4 is 5.73 Å². The zero-order valence-electron chi connectivity index (χ0n) is 8.94. The van der Waals surface area contributed by atoms with Crippen LogP contribution in [-0.2, 0) is 0 Å². The van der Waals surface area contributed by atoms with E-state index in [1.807, 2.05) is 24.3 Å². The number of nitrogens with two attached hydrogens (primary N) is 1. The Morgan fingerprint density at radius 2 is 2.31 bits per heavy atom. The maximum absolute atomic E-state index is 9.20. The SMILES string of the molecule is N#C[C@@H](c1cccc(Cl)c1)N1CC(CN)C1. The van der Waals surface area contributed by atoms with E-state index in [1.165, 1.54) is 0 Å². The van der Waals surface area contributed by atoms with Crippen molar-refractivity contribution < 1.29 is 0 Å². The molecule has 0 aromatic heterocycles. The summed E-state index contributed by atoms with van der Waals surface area (Å²) >= 11 is 5.92. The lowest BCUT2D eigenvalue weighted by Gasteiger charge is -2.41. The summed E-state index contributed by atoms with van der Waals surface area (Å²) in [5.41, 5.74) is 6.53. The normalized spacial score (nSPS) is 18.8. The topological polar surface area (TPSA) is 53.0 Å². The summed E-state index contributed by atoms with van der Waals surface area (Å²) in [5, 5.41) is 9.87. The molecule has 2 rings (SSSR count). The standard InChI is InChI=1S/C12H14ClN3/c13-11-3-1-2-10(4-11)12(6-15)16-7-9(5-14)8-16/h1-4,9,12H,5,7-8,14H2/t12-/m0/s1. The Hall–Kier alpha value is -1.08. The second-order valence-electron chi connectivity index (χ2n) is 4.14. The Balaban J connectivity index is 2.10. The molecule has 0 amide bonds. The van der Waals surface area contributed by atoms with Crippen molar-refractivity contribution in [3.63, 3.8) is 0 Å². The van der Waals surface area contributed by atoms with Gasteiger partial charge in [-0.3, -0.25) is 4.90 Å². The third kappa shape index (κ3) is 2.19. The van der Waals surface area contributed by atoms with Crippen LogP contribution in [0.5, 0.6) is 0 Å². The smallest absolute Gasteiger partial charge is 0.123 e. The maximum atomic E-state index is 9.20. The first-order chi connectivity index (χ1) is 7.74. The van der Waals surface area contributed by atoms with Crippen molar-refractivity contribution in [3.8, 4) is 6.07 Å². The highest BCUT2D eigenvalue weighted by Gasteiger charge is 2.32. The van der Waals surface area contributed by atoms with E-state index in [1.54, 1.807) is 0 Å². The minimum Gasteiger partial charge on any atom is -0.330 e. The first-order valence-electron chi connectivity index (χ1n) is 5.33. The Morgan fingerprint density at radius 3 is 2.88 bits per heavy atom. The van der Waals surface area contributed by atoms with Gasteiger partial charge in [-0.1, -0.05) is 23.7 Å². The van der Waals surface area contributed by atoms with Crippen LogP contribution in [0, 0.1) is 17.2 Å². The van der Waals surface area contributed by atoms with Gasteiger partial charge in [-0.2, -0.15) is 5.26 Å². The summed E-state index contributed by atoms with van der Waals surface area (Å²) < 4.78 is 0. The average molecular weight is 236 g/mol. The zero-order valence-corrected chi connectivity index (χ0v) is 9.69. The lowest BCUT2D eigenvalue weighted by molar-refractivity contribution is 0.0799. The summed E-state index contributed by atoms with van der Waals surface area (Å²) in [7, 11) is 0. The van der Waals surface area contributed by atoms with Gasteiger partial charge in [0.15, 0.2) is 0 Å². The molecule has 2 N–H and O–H groups in total. The molecule has 0 saturated carbocycles. The molecule has 1 heterocycles. The lowest BCUT2D eigenvalue weighted by Crippen LogP contribution is -2.50. The van der Waals surface area contributed by atoms with Gasteiger partial charge < -0.3 is 5.73 Å². The van der Waals surface area contributed by atoms with Crippen LogP contribution in [0.4, 0.5) is 0 Å². The van der Waals surface area contributed by atoms with Crippen LogP contribution in [0.15, 0.2) is 24.3 Å². The van der Waals surface area contributed by atoms with Gasteiger partial charge in [-0.05, 0) is 30.2 Å². The van der Waals surface area contributed by atoms with Crippen molar-refractivity contribution in [2.24, 2.45) is 11.7 Å². The lowest BCUT2D eigenvalue weighted by atomic mass is 9.95. The van der Waals surface area contributed by atoms with Gasteiger partial charge in [-0.15, -0.1) is 0 Å². The quantitative estimate of drug-likeness (QED) is 0.869. The van der Waals surface area contributed by atoms with Crippen molar-refractivity contribution in [3.05, 3.63) is 34.9 Å². The molecule has 0 aliphatic carbocycles. The van der Waals surface area contributed by atoms with Crippen molar-refractivity contribution in [2.45, 2.75) is 6.04 Å². The molecule has 0 bridgehead atoms. The predicted molar refractivity (Wildman–Crippen MR) is 63.9 cm³/mol. The fraction of sp³-hybridized carbons (Fsp3) is 0.417. The second-order valence-corrected chi connectivity index (χ2v) is 4.58. The summed E-state index contributed by atoms with van der Waals surface area (Å²) in [6.07, 6.45) is 0. The highest BCUT2D eigenvalue weighted by molar-refractivity contribution is 6.30. The van der Waals surface area contributed by atoms with E-state index in [2.05, 4.69) is 11.0 Å². The first-order valence-corrected chi connectivity index (χ1v) is 5.71. The molecule has 1 aliphatic rings. The van der Waals surface area contributed by atoms with E-state index >= 15 is 0 Å². The molecule has 1 saturated heterocycles. The van der Waals surface area contributed by atoms with E-state index in [4.69, 9.17) is 17.3 Å². The molecule has 16 heavy (non-hydrogen) atoms. The number of nitrogens with zero attached hydrogens (tertiary/aromatic N) is 2. The van der Waals surface area contributed by atoms with Crippen LogP contribution in [0.1, 0.15) is 11.6 Å². The highest BCUT2D eigenvalue weighted by atomic mass is 35.5. The molecule has 84 valence electrons. The van der Waals surface area contributed by atoms with E-state index in [0.717, 1.165) is 18.7 Å². The largest absolute Gasteiger partial charge is 0.330 e. The molecule has 3 nitrogen and oxygen atoms in total. The maximum Gasteiger partial charge on any atom is 0.123 e. The van der Waals surface area contributed by atoms with Gasteiger partial charge in [0.1, 0.15) is 6.04 Å². The molecule has 0 unspecified atom stereocenters. The van der Waals surface area contributed by atoms with Gasteiger partial charge in [0.2, 0.25) is 0 Å². The molecular weight excluding hydrogens is 222 g/mol. The number of nitriles is 1. The van der Waals surface area contributed by atoms with Crippen LogP contribution in [0.2, 0.25) is 5.02 Å². The molecule has 0 radical (unpaired) electrons. The first kappa shape index (κ1) is 11.4. The van der Waals surface area contributed by atoms with Crippen molar-refractivity contribution in [1.82, 2.24) is 4.90 Å². The number of hydrogen-bond donors (Lipinski definition) is 1.